The summed E-state index contributed by atoms with van der Waals surface area (Å²) in [5.41, 5.74) is 2.02. The van der Waals surface area contributed by atoms with Gasteiger partial charge in [0.2, 0.25) is 5.91 Å². The SMILES string of the molecule is Cc1ccc(NC(=O)C(C)NC(C)C2CCOC2)cc1. The molecule has 1 aromatic carbocycles. The van der Waals surface area contributed by atoms with Crippen molar-refractivity contribution >= 4 is 11.6 Å². The van der Waals surface area contributed by atoms with E-state index in [1.165, 1.54) is 5.56 Å². The Morgan fingerprint density at radius 1 is 1.30 bits per heavy atom. The molecule has 0 saturated carbocycles. The summed E-state index contributed by atoms with van der Waals surface area (Å²) in [6.45, 7) is 7.67. The van der Waals surface area contributed by atoms with Crippen molar-refractivity contribution in [3.63, 3.8) is 0 Å². The Labute approximate surface area is 120 Å². The maximum atomic E-state index is 12.1. The molecular formula is C16H24N2O2. The number of ether oxygens (including phenoxy) is 1. The molecular weight excluding hydrogens is 252 g/mol. The van der Waals surface area contributed by atoms with Crippen LogP contribution in [0.4, 0.5) is 5.69 Å². The van der Waals surface area contributed by atoms with Crippen LogP contribution in [0.5, 0.6) is 0 Å². The summed E-state index contributed by atoms with van der Waals surface area (Å²) in [5, 5.41) is 6.29. The monoisotopic (exact) mass is 276 g/mol. The van der Waals surface area contributed by atoms with Crippen molar-refractivity contribution in [2.45, 2.75) is 39.3 Å². The maximum absolute atomic E-state index is 12.1. The lowest BCUT2D eigenvalue weighted by Gasteiger charge is -2.23. The number of benzene rings is 1. The summed E-state index contributed by atoms with van der Waals surface area (Å²) in [6, 6.07) is 7.91. The minimum atomic E-state index is -0.216. The van der Waals surface area contributed by atoms with Crippen LogP contribution in [0.1, 0.15) is 25.8 Å². The number of anilines is 1. The van der Waals surface area contributed by atoms with Gasteiger partial charge in [-0.15, -0.1) is 0 Å². The minimum absolute atomic E-state index is 0.000353. The van der Waals surface area contributed by atoms with Crippen molar-refractivity contribution in [3.8, 4) is 0 Å². The van der Waals surface area contributed by atoms with Gasteiger partial charge in [0.1, 0.15) is 0 Å². The van der Waals surface area contributed by atoms with Gasteiger partial charge in [0.05, 0.1) is 12.6 Å². The third-order valence-corrected chi connectivity index (χ3v) is 3.90. The summed E-state index contributed by atoms with van der Waals surface area (Å²) in [6.07, 6.45) is 1.07. The Bertz CT molecular complexity index is 438. The molecule has 0 spiro atoms. The van der Waals surface area contributed by atoms with Crippen LogP contribution < -0.4 is 10.6 Å². The lowest BCUT2D eigenvalue weighted by Crippen LogP contribution is -2.45. The second kappa shape index (κ2) is 6.86. The molecule has 1 heterocycles. The number of hydrogen-bond acceptors (Lipinski definition) is 3. The lowest BCUT2D eigenvalue weighted by atomic mass is 10.00. The first-order chi connectivity index (χ1) is 9.56. The highest BCUT2D eigenvalue weighted by Crippen LogP contribution is 2.17. The van der Waals surface area contributed by atoms with E-state index in [4.69, 9.17) is 4.74 Å². The topological polar surface area (TPSA) is 50.4 Å². The van der Waals surface area contributed by atoms with Crippen LogP contribution in [0, 0.1) is 12.8 Å². The molecule has 1 amide bonds. The predicted molar refractivity (Wildman–Crippen MR) is 80.8 cm³/mol. The summed E-state index contributed by atoms with van der Waals surface area (Å²) in [4.78, 5) is 12.1. The third-order valence-electron chi connectivity index (χ3n) is 3.90. The van der Waals surface area contributed by atoms with E-state index in [9.17, 15) is 4.79 Å². The molecule has 2 rings (SSSR count). The molecule has 4 heteroatoms. The minimum Gasteiger partial charge on any atom is -0.381 e. The number of rotatable bonds is 5. The Hall–Kier alpha value is -1.39. The summed E-state index contributed by atoms with van der Waals surface area (Å²) >= 11 is 0. The first-order valence-electron chi connectivity index (χ1n) is 7.27. The zero-order valence-electron chi connectivity index (χ0n) is 12.5. The van der Waals surface area contributed by atoms with Crippen LogP contribution in [0.2, 0.25) is 0 Å². The second-order valence-corrected chi connectivity index (χ2v) is 5.66. The van der Waals surface area contributed by atoms with E-state index in [1.807, 2.05) is 38.1 Å². The first kappa shape index (κ1) is 15.0. The zero-order chi connectivity index (χ0) is 14.5. The van der Waals surface area contributed by atoms with Crippen LogP contribution in [0.25, 0.3) is 0 Å². The molecule has 20 heavy (non-hydrogen) atoms. The van der Waals surface area contributed by atoms with Crippen LogP contribution in [-0.2, 0) is 9.53 Å². The number of nitrogens with one attached hydrogen (secondary N) is 2. The van der Waals surface area contributed by atoms with Gasteiger partial charge in [-0.1, -0.05) is 17.7 Å². The number of hydrogen-bond donors (Lipinski definition) is 2. The predicted octanol–water partition coefficient (Wildman–Crippen LogP) is 2.34. The Balaban J connectivity index is 1.83. The average Bonchev–Trinajstić information content (AvgIpc) is 2.95. The van der Waals surface area contributed by atoms with Crippen molar-refractivity contribution in [3.05, 3.63) is 29.8 Å². The quantitative estimate of drug-likeness (QED) is 0.868. The van der Waals surface area contributed by atoms with Crippen LogP contribution in [-0.4, -0.2) is 31.2 Å². The van der Waals surface area contributed by atoms with Crippen molar-refractivity contribution in [2.75, 3.05) is 18.5 Å². The molecule has 1 aliphatic heterocycles. The molecule has 0 aliphatic carbocycles. The highest BCUT2D eigenvalue weighted by atomic mass is 16.5. The van der Waals surface area contributed by atoms with Gasteiger partial charge in [0, 0.05) is 18.3 Å². The largest absolute Gasteiger partial charge is 0.381 e. The van der Waals surface area contributed by atoms with Crippen molar-refractivity contribution in [2.24, 2.45) is 5.92 Å². The first-order valence-corrected chi connectivity index (χ1v) is 7.27. The van der Waals surface area contributed by atoms with Crippen molar-refractivity contribution < 1.29 is 9.53 Å². The highest BCUT2D eigenvalue weighted by molar-refractivity contribution is 5.94. The van der Waals surface area contributed by atoms with Crippen LogP contribution >= 0.6 is 0 Å². The fraction of sp³-hybridized carbons (Fsp3) is 0.562. The normalized spacial score (nSPS) is 21.4. The Morgan fingerprint density at radius 2 is 2.00 bits per heavy atom. The van der Waals surface area contributed by atoms with E-state index in [0.29, 0.717) is 5.92 Å². The van der Waals surface area contributed by atoms with Gasteiger partial charge < -0.3 is 15.4 Å². The molecule has 1 aromatic rings. The molecule has 3 atom stereocenters. The van der Waals surface area contributed by atoms with Crippen LogP contribution in [0.3, 0.4) is 0 Å². The van der Waals surface area contributed by atoms with E-state index >= 15 is 0 Å². The molecule has 1 aliphatic rings. The average molecular weight is 276 g/mol. The third kappa shape index (κ3) is 4.05. The summed E-state index contributed by atoms with van der Waals surface area (Å²) in [5.74, 6) is 0.504. The molecule has 4 nitrogen and oxygen atoms in total. The van der Waals surface area contributed by atoms with E-state index < -0.39 is 0 Å². The second-order valence-electron chi connectivity index (χ2n) is 5.66. The van der Waals surface area contributed by atoms with Gasteiger partial charge in [-0.25, -0.2) is 0 Å². The van der Waals surface area contributed by atoms with Gasteiger partial charge in [0.15, 0.2) is 0 Å². The zero-order valence-corrected chi connectivity index (χ0v) is 12.5. The smallest absolute Gasteiger partial charge is 0.241 e. The highest BCUT2D eigenvalue weighted by Gasteiger charge is 2.25. The summed E-state index contributed by atoms with van der Waals surface area (Å²) < 4.78 is 5.39. The van der Waals surface area contributed by atoms with Crippen molar-refractivity contribution in [1.29, 1.82) is 0 Å². The van der Waals surface area contributed by atoms with Gasteiger partial charge in [0.25, 0.3) is 0 Å². The molecule has 0 bridgehead atoms. The molecule has 0 radical (unpaired) electrons. The van der Waals surface area contributed by atoms with E-state index in [0.717, 1.165) is 25.3 Å². The van der Waals surface area contributed by atoms with Gasteiger partial charge in [-0.05, 0) is 45.2 Å². The number of amides is 1. The molecule has 0 aromatic heterocycles. The van der Waals surface area contributed by atoms with E-state index in [2.05, 4.69) is 17.6 Å². The van der Waals surface area contributed by atoms with Crippen molar-refractivity contribution in [1.82, 2.24) is 5.32 Å². The number of aryl methyl sites for hydroxylation is 1. The van der Waals surface area contributed by atoms with Gasteiger partial charge >= 0.3 is 0 Å². The van der Waals surface area contributed by atoms with E-state index in [1.54, 1.807) is 0 Å². The Kier molecular flexibility index (Phi) is 5.15. The van der Waals surface area contributed by atoms with Gasteiger partial charge in [-0.2, -0.15) is 0 Å². The van der Waals surface area contributed by atoms with Gasteiger partial charge in [-0.3, -0.25) is 4.79 Å². The maximum Gasteiger partial charge on any atom is 0.241 e. The number of carbonyl (C=O) groups excluding carboxylic acids is 1. The van der Waals surface area contributed by atoms with Crippen LogP contribution in [0.15, 0.2) is 24.3 Å². The fourth-order valence-corrected chi connectivity index (χ4v) is 2.44. The number of carbonyl (C=O) groups is 1. The standard InChI is InChI=1S/C16H24N2O2/c1-11-4-6-15(7-5-11)18-16(19)13(3)17-12(2)14-8-9-20-10-14/h4-7,12-14,17H,8-10H2,1-3H3,(H,18,19). The molecule has 3 unspecified atom stereocenters. The molecule has 1 saturated heterocycles. The lowest BCUT2D eigenvalue weighted by molar-refractivity contribution is -0.118. The molecule has 110 valence electrons. The van der Waals surface area contributed by atoms with E-state index in [-0.39, 0.29) is 18.0 Å². The summed E-state index contributed by atoms with van der Waals surface area (Å²) in [7, 11) is 0. The molecule has 1 fully saturated rings. The fourth-order valence-electron chi connectivity index (χ4n) is 2.44. The molecule has 2 N–H and O–H groups in total. The Morgan fingerprint density at radius 3 is 2.60 bits per heavy atom.